The lowest BCUT2D eigenvalue weighted by Crippen LogP contribution is -2.25. The second kappa shape index (κ2) is 7.91. The number of nitrogens with zero attached hydrogens (tertiary/aromatic N) is 1. The molecule has 1 aliphatic rings. The smallest absolute Gasteiger partial charge is 0.258 e. The number of hydrogen-bond acceptors (Lipinski definition) is 4. The molecule has 27 heavy (non-hydrogen) atoms. The molecule has 0 saturated carbocycles. The highest BCUT2D eigenvalue weighted by molar-refractivity contribution is 5.97. The highest BCUT2D eigenvalue weighted by Gasteiger charge is 2.29. The van der Waals surface area contributed by atoms with Crippen LogP contribution in [-0.2, 0) is 13.1 Å². The number of carbonyl (C=O) groups is 1. The summed E-state index contributed by atoms with van der Waals surface area (Å²) in [7, 11) is 0. The SMILES string of the molecule is CCCCOc1cccc2c1CN(C(=O)c1cc(C(C)C)c(O)cc1O)C2. The minimum Gasteiger partial charge on any atom is -0.508 e. The number of phenolic OH excluding ortho intramolecular Hbond substituents is 2. The van der Waals surface area contributed by atoms with Crippen LogP contribution in [0.15, 0.2) is 30.3 Å². The van der Waals surface area contributed by atoms with Gasteiger partial charge >= 0.3 is 0 Å². The Morgan fingerprint density at radius 2 is 1.96 bits per heavy atom. The number of benzene rings is 2. The highest BCUT2D eigenvalue weighted by Crippen LogP contribution is 2.36. The van der Waals surface area contributed by atoms with Gasteiger partial charge in [0.1, 0.15) is 17.2 Å². The molecular weight excluding hydrogens is 342 g/mol. The first-order chi connectivity index (χ1) is 12.9. The highest BCUT2D eigenvalue weighted by atomic mass is 16.5. The van der Waals surface area contributed by atoms with Crippen LogP contribution in [0.2, 0.25) is 0 Å². The van der Waals surface area contributed by atoms with Crippen molar-refractivity contribution in [3.05, 3.63) is 52.6 Å². The van der Waals surface area contributed by atoms with Gasteiger partial charge in [0.25, 0.3) is 5.91 Å². The number of amides is 1. The Morgan fingerprint density at radius 3 is 2.67 bits per heavy atom. The molecule has 0 unspecified atom stereocenters. The second-order valence-corrected chi connectivity index (χ2v) is 7.34. The van der Waals surface area contributed by atoms with Crippen LogP contribution in [0, 0.1) is 0 Å². The zero-order valence-electron chi connectivity index (χ0n) is 16.2. The monoisotopic (exact) mass is 369 g/mol. The Morgan fingerprint density at radius 1 is 1.19 bits per heavy atom. The lowest BCUT2D eigenvalue weighted by atomic mass is 9.98. The van der Waals surface area contributed by atoms with Crippen LogP contribution in [0.3, 0.4) is 0 Å². The lowest BCUT2D eigenvalue weighted by molar-refractivity contribution is 0.0747. The van der Waals surface area contributed by atoms with Gasteiger partial charge in [-0.25, -0.2) is 0 Å². The summed E-state index contributed by atoms with van der Waals surface area (Å²) in [4.78, 5) is 14.7. The van der Waals surface area contributed by atoms with Crippen molar-refractivity contribution in [1.29, 1.82) is 0 Å². The van der Waals surface area contributed by atoms with Crippen LogP contribution in [-0.4, -0.2) is 27.6 Å². The molecule has 0 radical (unpaired) electrons. The van der Waals surface area contributed by atoms with Crippen molar-refractivity contribution in [3.8, 4) is 17.2 Å². The quantitative estimate of drug-likeness (QED) is 0.733. The summed E-state index contributed by atoms with van der Waals surface area (Å²) >= 11 is 0. The van der Waals surface area contributed by atoms with Crippen molar-refractivity contribution in [1.82, 2.24) is 4.90 Å². The van der Waals surface area contributed by atoms with E-state index in [0.717, 1.165) is 29.7 Å². The average molecular weight is 369 g/mol. The molecule has 1 amide bonds. The first-order valence-electron chi connectivity index (χ1n) is 9.51. The predicted octanol–water partition coefficient (Wildman–Crippen LogP) is 4.56. The molecule has 1 heterocycles. The van der Waals surface area contributed by atoms with Gasteiger partial charge < -0.3 is 19.8 Å². The van der Waals surface area contributed by atoms with Crippen LogP contribution in [0.25, 0.3) is 0 Å². The molecule has 0 aromatic heterocycles. The third-order valence-corrected chi connectivity index (χ3v) is 4.98. The standard InChI is InChI=1S/C22H27NO4/c1-4-5-9-27-21-8-6-7-15-12-23(13-18(15)21)22(26)17-10-16(14(2)3)19(24)11-20(17)25/h6-8,10-11,14,24-25H,4-5,9,12-13H2,1-3H3. The van der Waals surface area contributed by atoms with E-state index in [2.05, 4.69) is 6.92 Å². The summed E-state index contributed by atoms with van der Waals surface area (Å²) in [5.74, 6) is 0.443. The average Bonchev–Trinajstić information content (AvgIpc) is 3.06. The number of rotatable bonds is 6. The van der Waals surface area contributed by atoms with Crippen LogP contribution in [0.5, 0.6) is 17.2 Å². The molecule has 5 heteroatoms. The fourth-order valence-corrected chi connectivity index (χ4v) is 3.39. The molecule has 0 atom stereocenters. The molecule has 0 spiro atoms. The van der Waals surface area contributed by atoms with Crippen molar-refractivity contribution < 1.29 is 19.7 Å². The summed E-state index contributed by atoms with van der Waals surface area (Å²) < 4.78 is 5.89. The van der Waals surface area contributed by atoms with E-state index in [9.17, 15) is 15.0 Å². The minimum atomic E-state index is -0.245. The van der Waals surface area contributed by atoms with Crippen molar-refractivity contribution in [2.75, 3.05) is 6.61 Å². The van der Waals surface area contributed by atoms with Gasteiger partial charge in [-0.2, -0.15) is 0 Å². The zero-order valence-corrected chi connectivity index (χ0v) is 16.2. The van der Waals surface area contributed by atoms with Gasteiger partial charge in [-0.05, 0) is 35.6 Å². The molecule has 0 saturated heterocycles. The summed E-state index contributed by atoms with van der Waals surface area (Å²) in [5.41, 5.74) is 2.97. The van der Waals surface area contributed by atoms with Gasteiger partial charge in [-0.3, -0.25) is 4.79 Å². The van der Waals surface area contributed by atoms with E-state index < -0.39 is 0 Å². The molecule has 0 bridgehead atoms. The zero-order chi connectivity index (χ0) is 19.6. The molecule has 1 aliphatic heterocycles. The normalized spacial score (nSPS) is 13.1. The van der Waals surface area contributed by atoms with Gasteiger partial charge in [-0.1, -0.05) is 39.3 Å². The lowest BCUT2D eigenvalue weighted by Gasteiger charge is -2.18. The summed E-state index contributed by atoms with van der Waals surface area (Å²) in [6.07, 6.45) is 2.06. The number of ether oxygens (including phenoxy) is 1. The number of carbonyl (C=O) groups excluding carboxylic acids is 1. The van der Waals surface area contributed by atoms with Gasteiger partial charge in [0.2, 0.25) is 0 Å². The molecule has 144 valence electrons. The fraction of sp³-hybridized carbons (Fsp3) is 0.409. The largest absolute Gasteiger partial charge is 0.508 e. The molecule has 3 rings (SSSR count). The maximum absolute atomic E-state index is 13.0. The molecule has 5 nitrogen and oxygen atoms in total. The summed E-state index contributed by atoms with van der Waals surface area (Å²) in [5, 5.41) is 20.2. The van der Waals surface area contributed by atoms with Crippen LogP contribution >= 0.6 is 0 Å². The van der Waals surface area contributed by atoms with Crippen molar-refractivity contribution in [3.63, 3.8) is 0 Å². The van der Waals surface area contributed by atoms with Crippen molar-refractivity contribution >= 4 is 5.91 Å². The molecular formula is C22H27NO4. The number of phenols is 2. The van der Waals surface area contributed by atoms with Gasteiger partial charge in [0, 0.05) is 18.2 Å². The van der Waals surface area contributed by atoms with E-state index in [1.54, 1.807) is 11.0 Å². The molecule has 2 N–H and O–H groups in total. The van der Waals surface area contributed by atoms with E-state index in [1.165, 1.54) is 6.07 Å². The Balaban J connectivity index is 1.83. The maximum atomic E-state index is 13.0. The second-order valence-electron chi connectivity index (χ2n) is 7.34. The Labute approximate surface area is 160 Å². The van der Waals surface area contributed by atoms with E-state index in [-0.39, 0.29) is 28.9 Å². The van der Waals surface area contributed by atoms with Crippen molar-refractivity contribution in [2.24, 2.45) is 0 Å². The predicted molar refractivity (Wildman–Crippen MR) is 104 cm³/mol. The first-order valence-corrected chi connectivity index (χ1v) is 9.51. The third-order valence-electron chi connectivity index (χ3n) is 4.98. The van der Waals surface area contributed by atoms with E-state index in [4.69, 9.17) is 4.74 Å². The van der Waals surface area contributed by atoms with E-state index in [0.29, 0.717) is 25.3 Å². The maximum Gasteiger partial charge on any atom is 0.258 e. The number of aromatic hydroxyl groups is 2. The van der Waals surface area contributed by atoms with Gasteiger partial charge in [0.15, 0.2) is 0 Å². The summed E-state index contributed by atoms with van der Waals surface area (Å²) in [6.45, 7) is 7.59. The molecule has 2 aromatic carbocycles. The topological polar surface area (TPSA) is 70.0 Å². The number of fused-ring (bicyclic) bond motifs is 1. The van der Waals surface area contributed by atoms with Crippen LogP contribution in [0.4, 0.5) is 0 Å². The number of unbranched alkanes of at least 4 members (excludes halogenated alkanes) is 1. The first kappa shape index (κ1) is 19.1. The number of hydrogen-bond donors (Lipinski definition) is 2. The molecule has 0 fully saturated rings. The van der Waals surface area contributed by atoms with Gasteiger partial charge in [0.05, 0.1) is 18.7 Å². The minimum absolute atomic E-state index is 0.00960. The Kier molecular flexibility index (Phi) is 5.59. The molecule has 0 aliphatic carbocycles. The summed E-state index contributed by atoms with van der Waals surface area (Å²) in [6, 6.07) is 8.75. The fourth-order valence-electron chi connectivity index (χ4n) is 3.39. The third kappa shape index (κ3) is 3.87. The van der Waals surface area contributed by atoms with Gasteiger partial charge in [-0.15, -0.1) is 0 Å². The van der Waals surface area contributed by atoms with E-state index in [1.807, 2.05) is 32.0 Å². The van der Waals surface area contributed by atoms with Crippen LogP contribution < -0.4 is 4.74 Å². The van der Waals surface area contributed by atoms with Crippen molar-refractivity contribution in [2.45, 2.75) is 52.6 Å². The van der Waals surface area contributed by atoms with Crippen LogP contribution in [0.1, 0.15) is 66.6 Å². The van der Waals surface area contributed by atoms with E-state index >= 15 is 0 Å². The molecule has 2 aromatic rings. The Hall–Kier alpha value is -2.69. The Bertz CT molecular complexity index is 844.